The van der Waals surface area contributed by atoms with E-state index in [0.29, 0.717) is 0 Å². The van der Waals surface area contributed by atoms with Crippen molar-refractivity contribution in [2.24, 2.45) is 0 Å². The molecular formula is C6H14N2. The summed E-state index contributed by atoms with van der Waals surface area (Å²) in [5.74, 6) is 0. The molecule has 0 bridgehead atoms. The molecule has 0 aliphatic carbocycles. The predicted octanol–water partition coefficient (Wildman–Crippen LogP) is -0.0422. The molecule has 48 valence electrons. The fraction of sp³-hybridized carbons (Fsp3) is 1.00. The highest BCUT2D eigenvalue weighted by atomic mass is 15.0. The van der Waals surface area contributed by atoms with E-state index in [0.717, 1.165) is 12.6 Å². The Labute approximate surface area is 50.7 Å². The maximum absolute atomic E-state index is 3.40. The third-order valence-electron chi connectivity index (χ3n) is 1.61. The molecule has 2 nitrogen and oxygen atoms in total. The summed E-state index contributed by atoms with van der Waals surface area (Å²) in [7, 11) is 2.00. The van der Waals surface area contributed by atoms with Crippen LogP contribution in [0.25, 0.3) is 0 Å². The fourth-order valence-corrected chi connectivity index (χ4v) is 1.18. The Morgan fingerprint density at radius 1 is 1.75 bits per heavy atom. The molecular weight excluding hydrogens is 100 g/mol. The van der Waals surface area contributed by atoms with Gasteiger partial charge in [-0.1, -0.05) is 0 Å². The van der Waals surface area contributed by atoms with Crippen molar-refractivity contribution in [3.05, 3.63) is 0 Å². The van der Waals surface area contributed by atoms with E-state index in [1.165, 1.54) is 19.4 Å². The summed E-state index contributed by atoms with van der Waals surface area (Å²) in [6.07, 6.45) is 2.70. The van der Waals surface area contributed by atoms with E-state index in [1.807, 2.05) is 7.05 Å². The molecule has 0 spiro atoms. The van der Waals surface area contributed by atoms with Crippen LogP contribution in [0.1, 0.15) is 12.8 Å². The lowest BCUT2D eigenvalue weighted by molar-refractivity contribution is 0.568. The van der Waals surface area contributed by atoms with E-state index in [9.17, 15) is 0 Å². The highest BCUT2D eigenvalue weighted by Crippen LogP contribution is 2.02. The molecule has 1 saturated heterocycles. The maximum atomic E-state index is 3.40. The van der Waals surface area contributed by atoms with Crippen molar-refractivity contribution in [1.29, 1.82) is 0 Å². The smallest absolute Gasteiger partial charge is 0.0192 e. The monoisotopic (exact) mass is 114 g/mol. The quantitative estimate of drug-likeness (QED) is 0.526. The minimum atomic E-state index is 0.750. The highest BCUT2D eigenvalue weighted by molar-refractivity contribution is 4.74. The molecule has 2 N–H and O–H groups in total. The normalized spacial score (nSPS) is 28.9. The molecule has 0 aromatic rings. The molecule has 1 aliphatic rings. The summed E-state index contributed by atoms with van der Waals surface area (Å²) >= 11 is 0. The largest absolute Gasteiger partial charge is 0.318 e. The molecule has 8 heavy (non-hydrogen) atoms. The van der Waals surface area contributed by atoms with E-state index >= 15 is 0 Å². The average Bonchev–Trinajstić information content (AvgIpc) is 2.19. The first-order valence-electron chi connectivity index (χ1n) is 3.31. The standard InChI is InChI=1S/C6H14N2/c1-7-5-6-3-2-4-8-6/h6-8H,2-5H2,1H3. The van der Waals surface area contributed by atoms with Crippen molar-refractivity contribution < 1.29 is 0 Å². The third kappa shape index (κ3) is 1.46. The van der Waals surface area contributed by atoms with Gasteiger partial charge in [0.2, 0.25) is 0 Å². The Kier molecular flexibility index (Phi) is 2.30. The van der Waals surface area contributed by atoms with Gasteiger partial charge in [-0.15, -0.1) is 0 Å². The van der Waals surface area contributed by atoms with Gasteiger partial charge in [-0.25, -0.2) is 0 Å². The lowest BCUT2D eigenvalue weighted by Crippen LogP contribution is -2.31. The fourth-order valence-electron chi connectivity index (χ4n) is 1.18. The molecule has 2 heteroatoms. The average molecular weight is 114 g/mol. The molecule has 1 atom stereocenters. The number of hydrogen-bond donors (Lipinski definition) is 2. The van der Waals surface area contributed by atoms with Gasteiger partial charge in [-0.05, 0) is 26.4 Å². The Morgan fingerprint density at radius 2 is 2.62 bits per heavy atom. The van der Waals surface area contributed by atoms with E-state index in [4.69, 9.17) is 0 Å². The van der Waals surface area contributed by atoms with Gasteiger partial charge in [-0.3, -0.25) is 0 Å². The second-order valence-corrected chi connectivity index (χ2v) is 2.35. The van der Waals surface area contributed by atoms with Crippen molar-refractivity contribution in [1.82, 2.24) is 10.6 Å². The van der Waals surface area contributed by atoms with Crippen LogP contribution in [0, 0.1) is 0 Å². The van der Waals surface area contributed by atoms with Crippen LogP contribution >= 0.6 is 0 Å². The van der Waals surface area contributed by atoms with Gasteiger partial charge in [0.05, 0.1) is 0 Å². The Hall–Kier alpha value is -0.0800. The van der Waals surface area contributed by atoms with Gasteiger partial charge < -0.3 is 10.6 Å². The van der Waals surface area contributed by atoms with Crippen LogP contribution < -0.4 is 10.6 Å². The molecule has 0 aromatic carbocycles. The summed E-state index contributed by atoms with van der Waals surface area (Å²) in [6.45, 7) is 2.34. The predicted molar refractivity (Wildman–Crippen MR) is 35.0 cm³/mol. The van der Waals surface area contributed by atoms with Gasteiger partial charge >= 0.3 is 0 Å². The van der Waals surface area contributed by atoms with Gasteiger partial charge in [0, 0.05) is 12.6 Å². The minimum Gasteiger partial charge on any atom is -0.318 e. The topological polar surface area (TPSA) is 24.1 Å². The van der Waals surface area contributed by atoms with Crippen LogP contribution in [0.4, 0.5) is 0 Å². The molecule has 0 saturated carbocycles. The molecule has 1 fully saturated rings. The van der Waals surface area contributed by atoms with E-state index < -0.39 is 0 Å². The molecule has 1 aliphatic heterocycles. The second kappa shape index (κ2) is 3.05. The van der Waals surface area contributed by atoms with Crippen LogP contribution in [0.3, 0.4) is 0 Å². The van der Waals surface area contributed by atoms with Gasteiger partial charge in [0.1, 0.15) is 0 Å². The van der Waals surface area contributed by atoms with Crippen molar-refractivity contribution in [2.75, 3.05) is 20.1 Å². The number of nitrogens with one attached hydrogen (secondary N) is 2. The second-order valence-electron chi connectivity index (χ2n) is 2.35. The molecule has 1 rings (SSSR count). The van der Waals surface area contributed by atoms with Crippen molar-refractivity contribution in [2.45, 2.75) is 18.9 Å². The van der Waals surface area contributed by atoms with Crippen LogP contribution in [-0.4, -0.2) is 26.2 Å². The first-order chi connectivity index (χ1) is 3.93. The summed E-state index contributed by atoms with van der Waals surface area (Å²) in [6, 6.07) is 0.750. The maximum Gasteiger partial charge on any atom is 0.0192 e. The Bertz CT molecular complexity index is 57.5. The Morgan fingerprint density at radius 3 is 3.12 bits per heavy atom. The zero-order chi connectivity index (χ0) is 5.82. The van der Waals surface area contributed by atoms with Crippen molar-refractivity contribution in [3.8, 4) is 0 Å². The minimum absolute atomic E-state index is 0.750. The van der Waals surface area contributed by atoms with Crippen LogP contribution in [0.2, 0.25) is 0 Å². The Balaban J connectivity index is 2.06. The SMILES string of the molecule is CNCC1CCCN1. The number of hydrogen-bond acceptors (Lipinski definition) is 2. The lowest BCUT2D eigenvalue weighted by Gasteiger charge is -2.06. The zero-order valence-electron chi connectivity index (χ0n) is 5.41. The summed E-state index contributed by atoms with van der Waals surface area (Å²) in [5, 5.41) is 6.54. The molecule has 1 unspecified atom stereocenters. The molecule has 0 aromatic heterocycles. The summed E-state index contributed by atoms with van der Waals surface area (Å²) < 4.78 is 0. The summed E-state index contributed by atoms with van der Waals surface area (Å²) in [5.41, 5.74) is 0. The molecule has 0 radical (unpaired) electrons. The van der Waals surface area contributed by atoms with Gasteiger partial charge in [-0.2, -0.15) is 0 Å². The third-order valence-corrected chi connectivity index (χ3v) is 1.61. The number of likely N-dealkylation sites (N-methyl/N-ethyl adjacent to an activating group) is 1. The molecule has 1 heterocycles. The van der Waals surface area contributed by atoms with Crippen molar-refractivity contribution in [3.63, 3.8) is 0 Å². The van der Waals surface area contributed by atoms with Gasteiger partial charge in [0.15, 0.2) is 0 Å². The van der Waals surface area contributed by atoms with Crippen LogP contribution in [-0.2, 0) is 0 Å². The van der Waals surface area contributed by atoms with E-state index in [-0.39, 0.29) is 0 Å². The summed E-state index contributed by atoms with van der Waals surface area (Å²) in [4.78, 5) is 0. The first-order valence-corrected chi connectivity index (χ1v) is 3.31. The van der Waals surface area contributed by atoms with Crippen molar-refractivity contribution >= 4 is 0 Å². The number of rotatable bonds is 2. The van der Waals surface area contributed by atoms with Gasteiger partial charge in [0.25, 0.3) is 0 Å². The first kappa shape index (κ1) is 6.05. The lowest BCUT2D eigenvalue weighted by atomic mass is 10.2. The van der Waals surface area contributed by atoms with Crippen LogP contribution in [0.15, 0.2) is 0 Å². The highest BCUT2D eigenvalue weighted by Gasteiger charge is 2.11. The van der Waals surface area contributed by atoms with E-state index in [2.05, 4.69) is 10.6 Å². The zero-order valence-corrected chi connectivity index (χ0v) is 5.41. The van der Waals surface area contributed by atoms with Crippen LogP contribution in [0.5, 0.6) is 0 Å². The molecule has 0 amide bonds. The van der Waals surface area contributed by atoms with E-state index in [1.54, 1.807) is 0 Å².